The van der Waals surface area contributed by atoms with E-state index >= 15 is 0 Å². The molecule has 1 atom stereocenters. The first-order valence-corrected chi connectivity index (χ1v) is 9.96. The zero-order valence-electron chi connectivity index (χ0n) is 15.9. The molecule has 1 aromatic rings. The SMILES string of the molecule is CN=C(NCc1nnc2n1CCCC2)N1CCC(N2CCCCC2)C1.I. The van der Waals surface area contributed by atoms with E-state index in [9.17, 15) is 0 Å². The van der Waals surface area contributed by atoms with Gasteiger partial charge in [0.05, 0.1) is 6.54 Å². The fourth-order valence-corrected chi connectivity index (χ4v) is 4.51. The smallest absolute Gasteiger partial charge is 0.194 e. The van der Waals surface area contributed by atoms with E-state index in [4.69, 9.17) is 0 Å². The van der Waals surface area contributed by atoms with Crippen molar-refractivity contribution < 1.29 is 0 Å². The van der Waals surface area contributed by atoms with Gasteiger partial charge in [-0.3, -0.25) is 9.89 Å². The Hall–Kier alpha value is -0.900. The maximum atomic E-state index is 4.52. The highest BCUT2D eigenvalue weighted by atomic mass is 127. The molecule has 4 heterocycles. The molecule has 0 aliphatic carbocycles. The number of aromatic nitrogens is 3. The Morgan fingerprint density at radius 3 is 2.69 bits per heavy atom. The van der Waals surface area contributed by atoms with Crippen LogP contribution in [0.5, 0.6) is 0 Å². The normalized spacial score (nSPS) is 24.3. The van der Waals surface area contributed by atoms with Crippen LogP contribution in [0, 0.1) is 0 Å². The first-order valence-electron chi connectivity index (χ1n) is 9.96. The topological polar surface area (TPSA) is 61.6 Å². The number of guanidine groups is 1. The van der Waals surface area contributed by atoms with Gasteiger partial charge in [0.1, 0.15) is 5.82 Å². The van der Waals surface area contributed by atoms with Crippen LogP contribution in [0.1, 0.15) is 50.2 Å². The summed E-state index contributed by atoms with van der Waals surface area (Å²) in [5, 5.41) is 12.3. The van der Waals surface area contributed by atoms with E-state index in [-0.39, 0.29) is 24.0 Å². The Morgan fingerprint density at radius 2 is 1.88 bits per heavy atom. The molecule has 1 N–H and O–H groups in total. The number of hydrogen-bond acceptors (Lipinski definition) is 4. The average Bonchev–Trinajstić information content (AvgIpc) is 3.31. The molecule has 2 fully saturated rings. The molecule has 26 heavy (non-hydrogen) atoms. The van der Waals surface area contributed by atoms with Crippen LogP contribution < -0.4 is 5.32 Å². The van der Waals surface area contributed by atoms with E-state index < -0.39 is 0 Å². The van der Waals surface area contributed by atoms with Crippen LogP contribution in [-0.2, 0) is 19.5 Å². The van der Waals surface area contributed by atoms with Gasteiger partial charge in [0.15, 0.2) is 11.8 Å². The zero-order chi connectivity index (χ0) is 17.1. The minimum absolute atomic E-state index is 0. The molecule has 0 amide bonds. The monoisotopic (exact) mass is 473 g/mol. The number of nitrogens with zero attached hydrogens (tertiary/aromatic N) is 6. The lowest BCUT2D eigenvalue weighted by atomic mass is 10.1. The summed E-state index contributed by atoms with van der Waals surface area (Å²) in [4.78, 5) is 9.61. The maximum Gasteiger partial charge on any atom is 0.194 e. The van der Waals surface area contributed by atoms with Crippen molar-refractivity contribution in [2.24, 2.45) is 4.99 Å². The van der Waals surface area contributed by atoms with Crippen molar-refractivity contribution in [1.82, 2.24) is 29.9 Å². The summed E-state index contributed by atoms with van der Waals surface area (Å²) >= 11 is 0. The fraction of sp³-hybridized carbons (Fsp3) is 0.833. The molecule has 146 valence electrons. The van der Waals surface area contributed by atoms with E-state index in [0.29, 0.717) is 12.6 Å². The first-order chi connectivity index (χ1) is 12.3. The number of nitrogens with one attached hydrogen (secondary N) is 1. The summed E-state index contributed by atoms with van der Waals surface area (Å²) in [6.07, 6.45) is 8.91. The van der Waals surface area contributed by atoms with Gasteiger partial charge in [-0.2, -0.15) is 0 Å². The Labute approximate surface area is 173 Å². The number of likely N-dealkylation sites (tertiary alicyclic amines) is 2. The van der Waals surface area contributed by atoms with Crippen molar-refractivity contribution in [2.75, 3.05) is 33.2 Å². The lowest BCUT2D eigenvalue weighted by Gasteiger charge is -2.32. The third-order valence-electron chi connectivity index (χ3n) is 5.92. The zero-order valence-corrected chi connectivity index (χ0v) is 18.2. The first kappa shape index (κ1) is 19.9. The summed E-state index contributed by atoms with van der Waals surface area (Å²) in [5.74, 6) is 3.19. The second kappa shape index (κ2) is 9.34. The second-order valence-electron chi connectivity index (χ2n) is 7.53. The highest BCUT2D eigenvalue weighted by Gasteiger charge is 2.30. The van der Waals surface area contributed by atoms with Crippen molar-refractivity contribution in [1.29, 1.82) is 0 Å². The number of rotatable bonds is 3. The van der Waals surface area contributed by atoms with Gasteiger partial charge < -0.3 is 14.8 Å². The van der Waals surface area contributed by atoms with Crippen LogP contribution in [0.15, 0.2) is 4.99 Å². The Kier molecular flexibility index (Phi) is 7.13. The van der Waals surface area contributed by atoms with E-state index in [1.54, 1.807) is 0 Å². The second-order valence-corrected chi connectivity index (χ2v) is 7.53. The number of piperidine rings is 1. The van der Waals surface area contributed by atoms with Gasteiger partial charge in [-0.05, 0) is 45.2 Å². The number of aliphatic imine (C=N–C) groups is 1. The van der Waals surface area contributed by atoms with Gasteiger partial charge in [0.25, 0.3) is 0 Å². The van der Waals surface area contributed by atoms with E-state index in [2.05, 4.69) is 34.9 Å². The molecule has 0 aromatic carbocycles. The molecule has 2 saturated heterocycles. The van der Waals surface area contributed by atoms with Crippen LogP contribution in [0.3, 0.4) is 0 Å². The molecule has 3 aliphatic rings. The Balaban J connectivity index is 0.00000196. The molecule has 0 bridgehead atoms. The molecule has 7 nitrogen and oxygen atoms in total. The van der Waals surface area contributed by atoms with Gasteiger partial charge in [0, 0.05) is 39.1 Å². The molecule has 0 saturated carbocycles. The quantitative estimate of drug-likeness (QED) is 0.413. The molecule has 0 radical (unpaired) electrons. The van der Waals surface area contributed by atoms with Crippen molar-refractivity contribution in [3.63, 3.8) is 0 Å². The van der Waals surface area contributed by atoms with Gasteiger partial charge in [-0.15, -0.1) is 34.2 Å². The van der Waals surface area contributed by atoms with Crippen LogP contribution >= 0.6 is 24.0 Å². The Bertz CT molecular complexity index is 609. The lowest BCUT2D eigenvalue weighted by molar-refractivity contribution is 0.168. The highest BCUT2D eigenvalue weighted by molar-refractivity contribution is 14.0. The molecule has 1 aromatic heterocycles. The standard InChI is InChI=1S/C18H31N7.HI/c1-19-18(20-13-17-22-21-16-7-3-6-11-25(16)17)24-12-8-15(14-24)23-9-4-2-5-10-23;/h15H,2-14H2,1H3,(H,19,20);1H. The van der Waals surface area contributed by atoms with E-state index in [1.807, 2.05) is 7.05 Å². The highest BCUT2D eigenvalue weighted by Crippen LogP contribution is 2.20. The summed E-state index contributed by atoms with van der Waals surface area (Å²) in [7, 11) is 1.88. The summed E-state index contributed by atoms with van der Waals surface area (Å²) in [6.45, 7) is 6.51. The van der Waals surface area contributed by atoms with Crippen LogP contribution in [0.2, 0.25) is 0 Å². The molecule has 0 spiro atoms. The third-order valence-corrected chi connectivity index (χ3v) is 5.92. The number of hydrogen-bond donors (Lipinski definition) is 1. The molecule has 1 unspecified atom stereocenters. The van der Waals surface area contributed by atoms with Crippen molar-refractivity contribution in [2.45, 2.75) is 64.1 Å². The average molecular weight is 473 g/mol. The molecular formula is C18H32IN7. The fourth-order valence-electron chi connectivity index (χ4n) is 4.51. The van der Waals surface area contributed by atoms with Gasteiger partial charge in [0.2, 0.25) is 0 Å². The van der Waals surface area contributed by atoms with Crippen LogP contribution in [0.4, 0.5) is 0 Å². The van der Waals surface area contributed by atoms with Gasteiger partial charge in [-0.25, -0.2) is 0 Å². The van der Waals surface area contributed by atoms with Crippen LogP contribution in [0.25, 0.3) is 0 Å². The van der Waals surface area contributed by atoms with Gasteiger partial charge in [-0.1, -0.05) is 6.42 Å². The van der Waals surface area contributed by atoms with E-state index in [1.165, 1.54) is 51.6 Å². The molecule has 4 rings (SSSR count). The lowest BCUT2D eigenvalue weighted by Crippen LogP contribution is -2.44. The molecular weight excluding hydrogens is 441 g/mol. The molecule has 8 heteroatoms. The largest absolute Gasteiger partial charge is 0.349 e. The number of halogens is 1. The summed E-state index contributed by atoms with van der Waals surface area (Å²) < 4.78 is 2.28. The number of aryl methyl sites for hydroxylation is 1. The van der Waals surface area contributed by atoms with Gasteiger partial charge >= 0.3 is 0 Å². The number of fused-ring (bicyclic) bond motifs is 1. The minimum Gasteiger partial charge on any atom is -0.349 e. The van der Waals surface area contributed by atoms with Crippen LogP contribution in [-0.4, -0.2) is 69.8 Å². The Morgan fingerprint density at radius 1 is 1.08 bits per heavy atom. The summed E-state index contributed by atoms with van der Waals surface area (Å²) in [5.41, 5.74) is 0. The minimum atomic E-state index is 0. The van der Waals surface area contributed by atoms with Crippen molar-refractivity contribution in [3.05, 3.63) is 11.6 Å². The predicted molar refractivity (Wildman–Crippen MR) is 114 cm³/mol. The maximum absolute atomic E-state index is 4.52. The third kappa shape index (κ3) is 4.32. The predicted octanol–water partition coefficient (Wildman–Crippen LogP) is 1.87. The van der Waals surface area contributed by atoms with E-state index in [0.717, 1.165) is 43.7 Å². The summed E-state index contributed by atoms with van der Waals surface area (Å²) in [6, 6.07) is 0.694. The molecule has 3 aliphatic heterocycles. The van der Waals surface area contributed by atoms with Crippen molar-refractivity contribution >= 4 is 29.9 Å². The van der Waals surface area contributed by atoms with Crippen molar-refractivity contribution in [3.8, 4) is 0 Å².